The second-order valence-electron chi connectivity index (χ2n) is 7.74. The fourth-order valence-electron chi connectivity index (χ4n) is 3.98. The normalized spacial score (nSPS) is 17.1. The molecule has 0 bridgehead atoms. The minimum Gasteiger partial charge on any atom is -0.378 e. The van der Waals surface area contributed by atoms with Crippen LogP contribution in [-0.2, 0) is 4.74 Å². The molecule has 0 N–H and O–H groups in total. The Labute approximate surface area is 181 Å². The smallest absolute Gasteiger partial charge is 0.163 e. The zero-order valence-electron chi connectivity index (χ0n) is 17.7. The van der Waals surface area contributed by atoms with Crippen LogP contribution in [0.25, 0.3) is 11.4 Å². The topological polar surface area (TPSA) is 83.4 Å². The number of aryl methyl sites for hydroxylation is 1. The highest BCUT2D eigenvalue weighted by Gasteiger charge is 2.22. The lowest BCUT2D eigenvalue weighted by Crippen LogP contribution is -2.47. The lowest BCUT2D eigenvalue weighted by Gasteiger charge is -2.36. The third-order valence-electron chi connectivity index (χ3n) is 5.66. The van der Waals surface area contributed by atoms with E-state index in [1.165, 1.54) is 0 Å². The summed E-state index contributed by atoms with van der Waals surface area (Å²) in [5.74, 6) is 3.63. The van der Waals surface area contributed by atoms with Crippen LogP contribution < -0.4 is 14.7 Å². The Morgan fingerprint density at radius 1 is 0.806 bits per heavy atom. The molecule has 0 atom stereocenters. The summed E-state index contributed by atoms with van der Waals surface area (Å²) >= 11 is 0. The summed E-state index contributed by atoms with van der Waals surface area (Å²) in [5.41, 5.74) is 1.89. The van der Waals surface area contributed by atoms with E-state index >= 15 is 0 Å². The summed E-state index contributed by atoms with van der Waals surface area (Å²) in [7, 11) is 0. The van der Waals surface area contributed by atoms with Crippen molar-refractivity contribution in [2.45, 2.75) is 6.92 Å². The third-order valence-corrected chi connectivity index (χ3v) is 5.66. The summed E-state index contributed by atoms with van der Waals surface area (Å²) < 4.78 is 5.45. The van der Waals surface area contributed by atoms with Gasteiger partial charge in [0.25, 0.3) is 0 Å². The molecule has 2 fully saturated rings. The minimum atomic E-state index is 0.719. The number of aromatic nitrogens is 5. The number of hydrogen-bond donors (Lipinski definition) is 0. The van der Waals surface area contributed by atoms with E-state index in [4.69, 9.17) is 9.72 Å². The number of piperazine rings is 1. The van der Waals surface area contributed by atoms with E-state index in [-0.39, 0.29) is 0 Å². The lowest BCUT2D eigenvalue weighted by molar-refractivity contribution is 0.122. The standard InChI is InChI=1S/C22H26N8O/c1-17-13-21(27-22(26-17)18-3-2-4-23-15-18)29-7-5-28(6-8-29)19-14-20(25-16-24-19)30-9-11-31-12-10-30/h2-4,13-16H,5-12H2,1H3. The Kier molecular flexibility index (Phi) is 5.57. The van der Waals surface area contributed by atoms with Crippen molar-refractivity contribution >= 4 is 17.5 Å². The Morgan fingerprint density at radius 3 is 2.16 bits per heavy atom. The molecular formula is C22H26N8O. The van der Waals surface area contributed by atoms with Crippen molar-refractivity contribution in [2.24, 2.45) is 0 Å². The first-order chi connectivity index (χ1) is 15.3. The monoisotopic (exact) mass is 418 g/mol. The predicted octanol–water partition coefficient (Wildman–Crippen LogP) is 1.80. The van der Waals surface area contributed by atoms with Crippen molar-refractivity contribution in [2.75, 3.05) is 67.2 Å². The van der Waals surface area contributed by atoms with Gasteiger partial charge in [0.05, 0.1) is 13.2 Å². The third kappa shape index (κ3) is 4.41. The molecule has 2 aliphatic heterocycles. The van der Waals surface area contributed by atoms with Gasteiger partial charge >= 0.3 is 0 Å². The molecule has 9 nitrogen and oxygen atoms in total. The number of rotatable bonds is 4. The molecule has 160 valence electrons. The van der Waals surface area contributed by atoms with Gasteiger partial charge in [0.1, 0.15) is 23.8 Å². The van der Waals surface area contributed by atoms with E-state index in [1.54, 1.807) is 18.7 Å². The highest BCUT2D eigenvalue weighted by Crippen LogP contribution is 2.23. The maximum atomic E-state index is 5.45. The fraction of sp³-hybridized carbons (Fsp3) is 0.409. The second-order valence-corrected chi connectivity index (χ2v) is 7.74. The first kappa shape index (κ1) is 19.6. The molecule has 2 saturated heterocycles. The van der Waals surface area contributed by atoms with Crippen LogP contribution in [0.1, 0.15) is 5.69 Å². The average molecular weight is 419 g/mol. The van der Waals surface area contributed by atoms with Crippen LogP contribution in [0.5, 0.6) is 0 Å². The molecule has 0 radical (unpaired) electrons. The molecule has 0 aliphatic carbocycles. The highest BCUT2D eigenvalue weighted by molar-refractivity contribution is 5.57. The molecule has 3 aromatic rings. The fourth-order valence-corrected chi connectivity index (χ4v) is 3.98. The molecule has 5 rings (SSSR count). The number of pyridine rings is 1. The Balaban J connectivity index is 1.28. The van der Waals surface area contributed by atoms with E-state index in [1.807, 2.05) is 19.1 Å². The van der Waals surface area contributed by atoms with Crippen molar-refractivity contribution in [1.29, 1.82) is 0 Å². The molecule has 31 heavy (non-hydrogen) atoms. The van der Waals surface area contributed by atoms with Crippen LogP contribution >= 0.6 is 0 Å². The van der Waals surface area contributed by atoms with Crippen LogP contribution in [0, 0.1) is 6.92 Å². The predicted molar refractivity (Wildman–Crippen MR) is 119 cm³/mol. The molecule has 9 heteroatoms. The van der Waals surface area contributed by atoms with E-state index in [2.05, 4.69) is 46.8 Å². The first-order valence-corrected chi connectivity index (χ1v) is 10.7. The first-order valence-electron chi connectivity index (χ1n) is 10.7. The number of nitrogens with zero attached hydrogens (tertiary/aromatic N) is 8. The van der Waals surface area contributed by atoms with E-state index in [0.717, 1.165) is 87.0 Å². The van der Waals surface area contributed by atoms with Gasteiger partial charge in [-0.25, -0.2) is 19.9 Å². The van der Waals surface area contributed by atoms with Gasteiger partial charge in [-0.3, -0.25) is 4.98 Å². The maximum Gasteiger partial charge on any atom is 0.163 e. The van der Waals surface area contributed by atoms with Gasteiger partial charge in [0.15, 0.2) is 5.82 Å². The molecule has 0 aromatic carbocycles. The van der Waals surface area contributed by atoms with Gasteiger partial charge in [-0.05, 0) is 19.1 Å². The molecule has 3 aromatic heterocycles. The highest BCUT2D eigenvalue weighted by atomic mass is 16.5. The van der Waals surface area contributed by atoms with E-state index < -0.39 is 0 Å². The zero-order chi connectivity index (χ0) is 21.0. The van der Waals surface area contributed by atoms with Crippen LogP contribution in [0.3, 0.4) is 0 Å². The number of hydrogen-bond acceptors (Lipinski definition) is 9. The maximum absolute atomic E-state index is 5.45. The second kappa shape index (κ2) is 8.81. The van der Waals surface area contributed by atoms with Gasteiger partial charge < -0.3 is 19.4 Å². The van der Waals surface area contributed by atoms with Crippen LogP contribution in [-0.4, -0.2) is 77.4 Å². The van der Waals surface area contributed by atoms with E-state index in [9.17, 15) is 0 Å². The molecule has 0 spiro atoms. The molecule has 2 aliphatic rings. The van der Waals surface area contributed by atoms with Gasteiger partial charge in [-0.15, -0.1) is 0 Å². The van der Waals surface area contributed by atoms with Crippen molar-refractivity contribution in [1.82, 2.24) is 24.9 Å². The molecular weight excluding hydrogens is 392 g/mol. The molecule has 5 heterocycles. The Morgan fingerprint density at radius 2 is 1.48 bits per heavy atom. The molecule has 0 unspecified atom stereocenters. The SMILES string of the molecule is Cc1cc(N2CCN(c3cc(N4CCOCC4)ncn3)CC2)nc(-c2cccnc2)n1. The van der Waals surface area contributed by atoms with Crippen molar-refractivity contribution < 1.29 is 4.74 Å². The van der Waals surface area contributed by atoms with Gasteiger partial charge in [0.2, 0.25) is 0 Å². The van der Waals surface area contributed by atoms with Crippen LogP contribution in [0.15, 0.2) is 43.0 Å². The number of morpholine rings is 1. The quantitative estimate of drug-likeness (QED) is 0.630. The summed E-state index contributed by atoms with van der Waals surface area (Å²) in [5, 5.41) is 0. The number of ether oxygens (including phenoxy) is 1. The largest absolute Gasteiger partial charge is 0.378 e. The van der Waals surface area contributed by atoms with Crippen molar-refractivity contribution in [3.8, 4) is 11.4 Å². The van der Waals surface area contributed by atoms with Crippen molar-refractivity contribution in [3.05, 3.63) is 48.7 Å². The Bertz CT molecular complexity index is 1020. The van der Waals surface area contributed by atoms with Gasteiger partial charge in [0, 0.05) is 75.1 Å². The molecule has 0 saturated carbocycles. The van der Waals surface area contributed by atoms with E-state index in [0.29, 0.717) is 0 Å². The minimum absolute atomic E-state index is 0.719. The molecule has 0 amide bonds. The summed E-state index contributed by atoms with van der Waals surface area (Å²) in [6.45, 7) is 8.76. The van der Waals surface area contributed by atoms with Gasteiger partial charge in [-0.1, -0.05) is 0 Å². The zero-order valence-corrected chi connectivity index (χ0v) is 17.7. The van der Waals surface area contributed by atoms with Gasteiger partial charge in [-0.2, -0.15) is 0 Å². The average Bonchev–Trinajstić information content (AvgIpc) is 2.85. The lowest BCUT2D eigenvalue weighted by atomic mass is 10.2. The summed E-state index contributed by atoms with van der Waals surface area (Å²) in [6.07, 6.45) is 5.23. The number of anilines is 3. The van der Waals surface area contributed by atoms with Crippen LogP contribution in [0.2, 0.25) is 0 Å². The summed E-state index contributed by atoms with van der Waals surface area (Å²) in [4.78, 5) is 29.5. The van der Waals surface area contributed by atoms with Crippen molar-refractivity contribution in [3.63, 3.8) is 0 Å². The Hall–Kier alpha value is -3.33. The van der Waals surface area contributed by atoms with Crippen LogP contribution in [0.4, 0.5) is 17.5 Å². The summed E-state index contributed by atoms with van der Waals surface area (Å²) in [6, 6.07) is 8.05.